The van der Waals surface area contributed by atoms with Crippen LogP contribution in [-0.4, -0.2) is 25.0 Å². The highest BCUT2D eigenvalue weighted by molar-refractivity contribution is 6.35. The van der Waals surface area contributed by atoms with Gasteiger partial charge in [0.05, 0.1) is 11.8 Å². The second-order valence-corrected chi connectivity index (χ2v) is 3.32. The van der Waals surface area contributed by atoms with Crippen LogP contribution in [0.2, 0.25) is 8.23 Å². The van der Waals surface area contributed by atoms with Crippen molar-refractivity contribution in [2.24, 2.45) is 17.6 Å². The molecule has 6 heteroatoms. The van der Waals surface area contributed by atoms with Gasteiger partial charge in [0.2, 0.25) is 19.2 Å². The van der Waals surface area contributed by atoms with Gasteiger partial charge in [-0.2, -0.15) is 0 Å². The van der Waals surface area contributed by atoms with Crippen molar-refractivity contribution in [2.45, 2.75) is 19.7 Å². The van der Waals surface area contributed by atoms with E-state index in [9.17, 15) is 14.4 Å². The minimum atomic E-state index is -0.699. The first kappa shape index (κ1) is 9.24. The molecule has 0 heterocycles. The third-order valence-corrected chi connectivity index (χ3v) is 2.34. The molecule has 1 fully saturated rings. The molecular formula is C8H12BN2O3. The lowest BCUT2D eigenvalue weighted by atomic mass is 9.91. The number of ketones is 1. The molecule has 0 aromatic carbocycles. The summed E-state index contributed by atoms with van der Waals surface area (Å²) in [5.74, 6) is -2.36. The maximum Gasteiger partial charge on any atom is 0.242 e. The van der Waals surface area contributed by atoms with Crippen molar-refractivity contribution in [1.29, 1.82) is 0 Å². The molecule has 0 aromatic heterocycles. The van der Waals surface area contributed by atoms with Gasteiger partial charge in [0.1, 0.15) is 5.78 Å². The first-order valence-electron chi connectivity index (χ1n) is 4.91. The number of Topliss-reactive ketones (excluding diaryl/α,β-unsaturated/α-hetero) is 1. The van der Waals surface area contributed by atoms with Gasteiger partial charge in [-0.15, -0.1) is 0 Å². The summed E-state index contributed by atoms with van der Waals surface area (Å²) in [5, 5.41) is 2.46. The number of hydrogen-bond acceptors (Lipinski definition) is 3. The van der Waals surface area contributed by atoms with Crippen molar-refractivity contribution in [1.82, 2.24) is 5.23 Å². The minimum Gasteiger partial charge on any atom is -0.403 e. The monoisotopic (exact) mass is 196 g/mol. The first-order valence-corrected chi connectivity index (χ1v) is 4.41. The standard InChI is InChI=1S/C8H12BN2O3/c1-9-11-8(14)6-3-4(12)2-5(6)7(10)13/h5-6H,2-3H2,1H3,(H2,10,13)(H,11,14)/t5-,6-/m0/s1/i/hD. The Morgan fingerprint density at radius 1 is 1.57 bits per heavy atom. The lowest BCUT2D eigenvalue weighted by Gasteiger charge is -2.14. The van der Waals surface area contributed by atoms with Gasteiger partial charge in [-0.05, 0) is 0 Å². The molecule has 2 atom stereocenters. The van der Waals surface area contributed by atoms with Crippen molar-refractivity contribution in [2.75, 3.05) is 0 Å². The van der Waals surface area contributed by atoms with E-state index in [1.54, 1.807) is 12.5 Å². The van der Waals surface area contributed by atoms with Crippen molar-refractivity contribution in [3.05, 3.63) is 0 Å². The fourth-order valence-electron chi connectivity index (χ4n) is 1.66. The lowest BCUT2D eigenvalue weighted by Crippen LogP contribution is -2.38. The fourth-order valence-corrected chi connectivity index (χ4v) is 1.66. The largest absolute Gasteiger partial charge is 0.403 e. The van der Waals surface area contributed by atoms with E-state index < -0.39 is 17.7 Å². The Labute approximate surface area is 84.1 Å². The van der Waals surface area contributed by atoms with Gasteiger partial charge in [-0.3, -0.25) is 14.4 Å². The molecule has 2 amide bonds. The number of primary amides is 1. The molecule has 5 nitrogen and oxygen atoms in total. The highest BCUT2D eigenvalue weighted by Gasteiger charge is 2.40. The summed E-state index contributed by atoms with van der Waals surface area (Å²) >= 11 is 0. The molecule has 1 radical (unpaired) electrons. The van der Waals surface area contributed by atoms with Gasteiger partial charge in [0.15, 0.2) is 1.41 Å². The van der Waals surface area contributed by atoms with E-state index in [-0.39, 0.29) is 24.5 Å². The van der Waals surface area contributed by atoms with E-state index in [4.69, 9.17) is 1.41 Å². The van der Waals surface area contributed by atoms with Crippen LogP contribution in [0.5, 0.6) is 0 Å². The summed E-state index contributed by atoms with van der Waals surface area (Å²) in [5.41, 5.74) is 1.72. The fraction of sp³-hybridized carbons (Fsp3) is 0.625. The van der Waals surface area contributed by atoms with E-state index in [0.29, 0.717) is 0 Å². The highest BCUT2D eigenvalue weighted by atomic mass is 16.2. The molecule has 14 heavy (non-hydrogen) atoms. The van der Waals surface area contributed by atoms with Crippen LogP contribution < -0.4 is 11.0 Å². The maximum absolute atomic E-state index is 11.5. The van der Waals surface area contributed by atoms with Gasteiger partial charge in [-0.25, -0.2) is 0 Å². The second kappa shape index (κ2) is 4.26. The van der Waals surface area contributed by atoms with Crippen LogP contribution >= 0.6 is 0 Å². The SMILES string of the molecule is [2H]NC(=O)[C@H]1CC(=O)C[C@@H]1C(=O)N[B]C. The Hall–Kier alpha value is -1.33. The van der Waals surface area contributed by atoms with E-state index in [1.807, 2.05) is 0 Å². The number of nitrogens with one attached hydrogen (secondary N) is 1. The van der Waals surface area contributed by atoms with Crippen molar-refractivity contribution < 1.29 is 15.8 Å². The Kier molecular flexibility index (Phi) is 2.81. The summed E-state index contributed by atoms with van der Waals surface area (Å²) in [6.07, 6.45) is 0.129. The van der Waals surface area contributed by atoms with Crippen molar-refractivity contribution in [3.8, 4) is 0 Å². The highest BCUT2D eigenvalue weighted by Crippen LogP contribution is 2.28. The molecule has 0 aliphatic heterocycles. The normalized spacial score (nSPS) is 26.6. The molecule has 1 aliphatic rings. The Morgan fingerprint density at radius 3 is 2.79 bits per heavy atom. The van der Waals surface area contributed by atoms with Crippen LogP contribution in [0.3, 0.4) is 0 Å². The van der Waals surface area contributed by atoms with Crippen LogP contribution in [0.1, 0.15) is 12.8 Å². The number of hydrogen-bond donors (Lipinski definition) is 2. The van der Waals surface area contributed by atoms with E-state index in [0.717, 1.165) is 0 Å². The zero-order chi connectivity index (χ0) is 11.4. The average Bonchev–Trinajstić information content (AvgIpc) is 2.59. The Balaban J connectivity index is 2.72. The quantitative estimate of drug-likeness (QED) is 0.558. The van der Waals surface area contributed by atoms with Gasteiger partial charge in [0, 0.05) is 12.8 Å². The molecule has 3 N–H and O–H groups in total. The molecule has 0 unspecified atom stereocenters. The minimum absolute atomic E-state index is 0.0481. The number of carbonyl (C=O) groups is 3. The van der Waals surface area contributed by atoms with Gasteiger partial charge >= 0.3 is 0 Å². The predicted octanol–water partition coefficient (Wildman–Crippen LogP) is -1.15. The maximum atomic E-state index is 11.5. The molecule has 1 rings (SSSR count). The zero-order valence-electron chi connectivity index (χ0n) is 8.87. The number of nitrogens with two attached hydrogens (primary N) is 1. The van der Waals surface area contributed by atoms with Crippen molar-refractivity contribution >= 4 is 25.0 Å². The van der Waals surface area contributed by atoms with E-state index in [1.165, 1.54) is 7.41 Å². The molecule has 0 spiro atoms. The van der Waals surface area contributed by atoms with Gasteiger partial charge < -0.3 is 11.0 Å². The van der Waals surface area contributed by atoms with E-state index in [2.05, 4.69) is 5.23 Å². The Morgan fingerprint density at radius 2 is 2.21 bits per heavy atom. The molecule has 1 saturated carbocycles. The summed E-state index contributed by atoms with van der Waals surface area (Å²) in [7, 11) is 1.46. The molecule has 0 saturated heterocycles. The zero-order valence-corrected chi connectivity index (χ0v) is 7.87. The van der Waals surface area contributed by atoms with Crippen LogP contribution in [0, 0.1) is 11.8 Å². The van der Waals surface area contributed by atoms with Gasteiger partial charge in [-0.1, -0.05) is 6.82 Å². The third-order valence-electron chi connectivity index (χ3n) is 2.34. The van der Waals surface area contributed by atoms with Crippen LogP contribution in [0.4, 0.5) is 0 Å². The van der Waals surface area contributed by atoms with Crippen LogP contribution in [-0.2, 0) is 14.4 Å². The lowest BCUT2D eigenvalue weighted by molar-refractivity contribution is -0.131. The van der Waals surface area contributed by atoms with Crippen LogP contribution in [0.25, 0.3) is 0 Å². The van der Waals surface area contributed by atoms with Gasteiger partial charge in [0.25, 0.3) is 0 Å². The molecule has 0 aromatic rings. The summed E-state index contributed by atoms with van der Waals surface area (Å²) in [6.45, 7) is 1.65. The first-order chi connectivity index (χ1) is 7.10. The third kappa shape index (κ3) is 2.13. The smallest absolute Gasteiger partial charge is 0.242 e. The number of carbonyl (C=O) groups excluding carboxylic acids is 3. The predicted molar refractivity (Wildman–Crippen MR) is 50.2 cm³/mol. The van der Waals surface area contributed by atoms with Crippen LogP contribution in [0.15, 0.2) is 0 Å². The topological polar surface area (TPSA) is 89.3 Å². The van der Waals surface area contributed by atoms with E-state index >= 15 is 0 Å². The number of rotatable bonds is 3. The number of amides is 2. The summed E-state index contributed by atoms with van der Waals surface area (Å²) in [6, 6.07) is 0. The average molecular weight is 196 g/mol. The summed E-state index contributed by atoms with van der Waals surface area (Å²) in [4.78, 5) is 33.9. The van der Waals surface area contributed by atoms with Crippen molar-refractivity contribution in [3.63, 3.8) is 0 Å². The molecular weight excluding hydrogens is 183 g/mol. The molecule has 75 valence electrons. The molecule has 1 aliphatic carbocycles. The second-order valence-electron chi connectivity index (χ2n) is 3.32. The summed E-state index contributed by atoms with van der Waals surface area (Å²) < 4.78 is 6.72. The molecule has 0 bridgehead atoms. The Bertz CT molecular complexity index is 298.